The van der Waals surface area contributed by atoms with Crippen LogP contribution < -0.4 is 10.2 Å². The normalized spacial score (nSPS) is 17.3. The topological polar surface area (TPSA) is 40.0 Å². The van der Waals surface area contributed by atoms with Crippen molar-refractivity contribution < 1.29 is 0 Å². The van der Waals surface area contributed by atoms with Gasteiger partial charge in [0.05, 0.1) is 0 Å². The molecule has 2 atom stereocenters. The molecule has 49 heavy (non-hydrogen) atoms. The molecule has 232 valence electrons. The predicted molar refractivity (Wildman–Crippen MR) is 202 cm³/mol. The summed E-state index contributed by atoms with van der Waals surface area (Å²) in [5.41, 5.74) is 13.7. The molecule has 4 nitrogen and oxygen atoms in total. The molecule has 0 saturated heterocycles. The minimum absolute atomic E-state index is 0.224. The van der Waals surface area contributed by atoms with Crippen LogP contribution in [0.4, 0.5) is 11.4 Å². The van der Waals surface area contributed by atoms with Gasteiger partial charge in [-0.15, -0.1) is 0 Å². The lowest BCUT2D eigenvalue weighted by molar-refractivity contribution is 0.674. The highest BCUT2D eigenvalue weighted by Gasteiger charge is 2.37. The van der Waals surface area contributed by atoms with Gasteiger partial charge in [0.1, 0.15) is 12.0 Å². The Hall–Kier alpha value is -6.26. The Morgan fingerprint density at radius 2 is 1.20 bits per heavy atom. The van der Waals surface area contributed by atoms with Crippen molar-refractivity contribution in [1.29, 1.82) is 0 Å². The zero-order chi connectivity index (χ0) is 32.3. The molecule has 7 aromatic carbocycles. The Morgan fingerprint density at radius 3 is 1.98 bits per heavy atom. The highest BCUT2D eigenvalue weighted by Crippen LogP contribution is 2.54. The number of fused-ring (bicyclic) bond motifs is 6. The summed E-state index contributed by atoms with van der Waals surface area (Å²) >= 11 is 0. The zero-order valence-corrected chi connectivity index (χ0v) is 26.8. The number of nitrogens with zero attached hydrogens (tertiary/aromatic N) is 3. The van der Waals surface area contributed by atoms with Gasteiger partial charge in [-0.05, 0) is 92.2 Å². The molecule has 1 aliphatic carbocycles. The van der Waals surface area contributed by atoms with Crippen LogP contribution in [-0.2, 0) is 0 Å². The molecule has 0 fully saturated rings. The number of aliphatic imine (C=N–C) groups is 2. The molecule has 3 aliphatic rings. The molecule has 0 radical (unpaired) electrons. The summed E-state index contributed by atoms with van der Waals surface area (Å²) < 4.78 is 0. The third kappa shape index (κ3) is 4.60. The molecule has 0 saturated carbocycles. The number of hydrogen-bond acceptors (Lipinski definition) is 4. The van der Waals surface area contributed by atoms with Crippen molar-refractivity contribution in [3.63, 3.8) is 0 Å². The van der Waals surface area contributed by atoms with E-state index in [1.165, 1.54) is 55.5 Å². The Morgan fingerprint density at radius 1 is 0.551 bits per heavy atom. The van der Waals surface area contributed by atoms with Crippen molar-refractivity contribution in [2.75, 3.05) is 11.4 Å². The van der Waals surface area contributed by atoms with Crippen LogP contribution in [0.3, 0.4) is 0 Å². The van der Waals surface area contributed by atoms with Gasteiger partial charge in [0.25, 0.3) is 0 Å². The van der Waals surface area contributed by atoms with Crippen LogP contribution >= 0.6 is 0 Å². The van der Waals surface area contributed by atoms with Crippen molar-refractivity contribution in [3.8, 4) is 22.3 Å². The molecule has 4 heteroatoms. The average molecular weight is 629 g/mol. The maximum absolute atomic E-state index is 5.03. The summed E-state index contributed by atoms with van der Waals surface area (Å²) in [6.45, 7) is 0.880. The fourth-order valence-electron chi connectivity index (χ4n) is 7.91. The standard InChI is InChI=1S/C45H32N4/c1-3-12-29(13-4-1)43-46-44(30-14-5-2-6-15-30)48-45(47-43)31-22-24-34(25-23-31)49-28-40-39-27-33-17-8-7-16-32(33)26-38(39)36-19-10-9-18-35(36)37-20-11-21-41(49)42(37)40/h1-27,40,43H,28H2,(H,46,47,48). The summed E-state index contributed by atoms with van der Waals surface area (Å²) in [5.74, 6) is 1.80. The molecule has 10 rings (SSSR count). The maximum Gasteiger partial charge on any atom is 0.159 e. The monoisotopic (exact) mass is 628 g/mol. The van der Waals surface area contributed by atoms with Crippen molar-refractivity contribution in [3.05, 3.63) is 192 Å². The lowest BCUT2D eigenvalue weighted by atomic mass is 9.87. The molecule has 0 amide bonds. The third-order valence-electron chi connectivity index (χ3n) is 10.2. The maximum atomic E-state index is 5.03. The quantitative estimate of drug-likeness (QED) is 0.211. The lowest BCUT2D eigenvalue weighted by Gasteiger charge is -2.25. The van der Waals surface area contributed by atoms with Gasteiger partial charge >= 0.3 is 0 Å². The molecule has 2 heterocycles. The van der Waals surface area contributed by atoms with Gasteiger partial charge in [-0.1, -0.05) is 121 Å². The Labute approximate surface area is 285 Å². The fraction of sp³-hybridized carbons (Fsp3) is 0.0667. The van der Waals surface area contributed by atoms with Crippen LogP contribution in [0.15, 0.2) is 174 Å². The van der Waals surface area contributed by atoms with E-state index in [1.54, 1.807) is 0 Å². The Bertz CT molecular complexity index is 2450. The lowest BCUT2D eigenvalue weighted by Crippen LogP contribution is -2.33. The Kier molecular flexibility index (Phi) is 6.34. The smallest absolute Gasteiger partial charge is 0.159 e. The van der Waals surface area contributed by atoms with Crippen molar-refractivity contribution in [1.82, 2.24) is 5.32 Å². The summed E-state index contributed by atoms with van der Waals surface area (Å²) in [6, 6.07) is 58.8. The van der Waals surface area contributed by atoms with E-state index in [1.807, 2.05) is 24.3 Å². The van der Waals surface area contributed by atoms with Crippen molar-refractivity contribution in [2.24, 2.45) is 9.98 Å². The van der Waals surface area contributed by atoms with E-state index in [9.17, 15) is 0 Å². The second-order valence-corrected chi connectivity index (χ2v) is 13.0. The van der Waals surface area contributed by atoms with Crippen LogP contribution in [0.5, 0.6) is 0 Å². The van der Waals surface area contributed by atoms with Gasteiger partial charge in [0.15, 0.2) is 5.84 Å². The molecule has 2 aliphatic heterocycles. The molecule has 2 unspecified atom stereocenters. The molecule has 7 aromatic rings. The minimum atomic E-state index is -0.224. The van der Waals surface area contributed by atoms with Gasteiger partial charge < -0.3 is 10.2 Å². The highest BCUT2D eigenvalue weighted by molar-refractivity contribution is 6.13. The largest absolute Gasteiger partial charge is 0.344 e. The van der Waals surface area contributed by atoms with Crippen LogP contribution in [-0.4, -0.2) is 18.2 Å². The van der Waals surface area contributed by atoms with Crippen LogP contribution in [0, 0.1) is 0 Å². The van der Waals surface area contributed by atoms with Crippen LogP contribution in [0.25, 0.3) is 33.0 Å². The molecule has 0 aromatic heterocycles. The zero-order valence-electron chi connectivity index (χ0n) is 26.8. The van der Waals surface area contributed by atoms with E-state index in [-0.39, 0.29) is 12.1 Å². The average Bonchev–Trinajstić information content (AvgIpc) is 3.53. The van der Waals surface area contributed by atoms with Crippen molar-refractivity contribution in [2.45, 2.75) is 12.1 Å². The number of amidine groups is 2. The van der Waals surface area contributed by atoms with E-state index < -0.39 is 0 Å². The van der Waals surface area contributed by atoms with Gasteiger partial charge in [-0.3, -0.25) is 0 Å². The Balaban J connectivity index is 1.05. The second kappa shape index (κ2) is 11.2. The van der Waals surface area contributed by atoms with Crippen LogP contribution in [0.1, 0.15) is 39.9 Å². The SMILES string of the molecule is c1ccc(C2=NC(c3ccccc3)NC(c3ccc(N4CC5c6cc7ccccc7cc6-c6ccccc6-c6cccc4c65)cc3)=N2)cc1. The summed E-state index contributed by atoms with van der Waals surface area (Å²) in [6.07, 6.45) is -0.224. The van der Waals surface area contributed by atoms with E-state index in [4.69, 9.17) is 9.98 Å². The predicted octanol–water partition coefficient (Wildman–Crippen LogP) is 10.3. The number of anilines is 2. The van der Waals surface area contributed by atoms with Gasteiger partial charge in [-0.25, -0.2) is 9.98 Å². The van der Waals surface area contributed by atoms with E-state index >= 15 is 0 Å². The molecule has 1 N–H and O–H groups in total. The number of nitrogens with one attached hydrogen (secondary N) is 1. The number of benzene rings is 7. The molecular weight excluding hydrogens is 597 g/mol. The number of hydrogen-bond donors (Lipinski definition) is 1. The van der Waals surface area contributed by atoms with Gasteiger partial charge in [0.2, 0.25) is 0 Å². The van der Waals surface area contributed by atoms with Crippen LogP contribution in [0.2, 0.25) is 0 Å². The van der Waals surface area contributed by atoms with E-state index in [2.05, 4.69) is 150 Å². The summed E-state index contributed by atoms with van der Waals surface area (Å²) in [5, 5.41) is 6.18. The van der Waals surface area contributed by atoms with Gasteiger partial charge in [-0.2, -0.15) is 0 Å². The first-order chi connectivity index (χ1) is 24.3. The molecule has 0 spiro atoms. The minimum Gasteiger partial charge on any atom is -0.344 e. The number of rotatable bonds is 4. The molecular formula is C45H32N4. The molecule has 0 bridgehead atoms. The summed E-state index contributed by atoms with van der Waals surface area (Å²) in [4.78, 5) is 12.5. The highest BCUT2D eigenvalue weighted by atomic mass is 15.2. The van der Waals surface area contributed by atoms with E-state index in [0.29, 0.717) is 0 Å². The van der Waals surface area contributed by atoms with Gasteiger partial charge in [0, 0.05) is 35.0 Å². The van der Waals surface area contributed by atoms with E-state index in [0.717, 1.165) is 34.9 Å². The summed E-state index contributed by atoms with van der Waals surface area (Å²) in [7, 11) is 0. The first-order valence-corrected chi connectivity index (χ1v) is 17.0. The first-order valence-electron chi connectivity index (χ1n) is 17.0. The first kappa shape index (κ1) is 27.8. The second-order valence-electron chi connectivity index (χ2n) is 13.0. The van der Waals surface area contributed by atoms with Crippen molar-refractivity contribution >= 4 is 33.8 Å². The third-order valence-corrected chi connectivity index (χ3v) is 10.2. The fourth-order valence-corrected chi connectivity index (χ4v) is 7.91.